The number of hydrogen-bond acceptors (Lipinski definition) is 3. The molecule has 0 spiro atoms. The third kappa shape index (κ3) is 3.60. The highest BCUT2D eigenvalue weighted by molar-refractivity contribution is 9.10. The van der Waals surface area contributed by atoms with Gasteiger partial charge in [0.05, 0.1) is 18.8 Å². The van der Waals surface area contributed by atoms with Crippen molar-refractivity contribution in [3.8, 4) is 0 Å². The van der Waals surface area contributed by atoms with Crippen molar-refractivity contribution in [2.24, 2.45) is 0 Å². The minimum Gasteiger partial charge on any atom is -0.380 e. The maximum absolute atomic E-state index is 12.4. The van der Waals surface area contributed by atoms with E-state index in [4.69, 9.17) is 4.74 Å². The number of ether oxygens (including phenoxy) is 1. The number of aromatic nitrogens is 2. The van der Waals surface area contributed by atoms with Gasteiger partial charge in [-0.1, -0.05) is 18.2 Å². The Morgan fingerprint density at radius 3 is 2.91 bits per heavy atom. The van der Waals surface area contributed by atoms with Gasteiger partial charge in [-0.2, -0.15) is 0 Å². The molecule has 3 rings (SSSR count). The summed E-state index contributed by atoms with van der Waals surface area (Å²) in [7, 11) is 1.61. The minimum atomic E-state index is -0.129. The molecule has 3 aromatic rings. The summed E-state index contributed by atoms with van der Waals surface area (Å²) in [6, 6.07) is 11.3. The first kappa shape index (κ1) is 15.7. The summed E-state index contributed by atoms with van der Waals surface area (Å²) < 4.78 is 8.03. The van der Waals surface area contributed by atoms with Crippen LogP contribution in [0.25, 0.3) is 5.65 Å². The number of carbonyl (C=O) groups is 1. The number of pyridine rings is 1. The maximum atomic E-state index is 12.4. The van der Waals surface area contributed by atoms with Crippen LogP contribution in [0, 0.1) is 0 Å². The van der Waals surface area contributed by atoms with Gasteiger partial charge >= 0.3 is 0 Å². The predicted octanol–water partition coefficient (Wildman–Crippen LogP) is 3.17. The van der Waals surface area contributed by atoms with Crippen LogP contribution in [0.1, 0.15) is 21.6 Å². The van der Waals surface area contributed by atoms with Gasteiger partial charge in [0.25, 0.3) is 5.91 Å². The van der Waals surface area contributed by atoms with E-state index in [1.807, 2.05) is 47.1 Å². The van der Waals surface area contributed by atoms with Crippen molar-refractivity contribution < 1.29 is 9.53 Å². The maximum Gasteiger partial charge on any atom is 0.251 e. The molecule has 23 heavy (non-hydrogen) atoms. The average Bonchev–Trinajstić information content (AvgIpc) is 2.95. The largest absolute Gasteiger partial charge is 0.380 e. The highest BCUT2D eigenvalue weighted by atomic mass is 79.9. The number of fused-ring (bicyclic) bond motifs is 1. The zero-order chi connectivity index (χ0) is 16.2. The quantitative estimate of drug-likeness (QED) is 0.747. The molecular formula is C17H16BrN3O2. The molecular weight excluding hydrogens is 358 g/mol. The molecule has 0 fully saturated rings. The van der Waals surface area contributed by atoms with Crippen molar-refractivity contribution in [2.75, 3.05) is 7.11 Å². The zero-order valence-corrected chi connectivity index (χ0v) is 14.2. The number of imidazole rings is 1. The Morgan fingerprint density at radius 1 is 1.26 bits per heavy atom. The average molecular weight is 374 g/mol. The summed E-state index contributed by atoms with van der Waals surface area (Å²) in [6.45, 7) is 0.783. The Balaban J connectivity index is 1.73. The first-order valence-electron chi connectivity index (χ1n) is 7.15. The highest BCUT2D eigenvalue weighted by Crippen LogP contribution is 2.13. The molecule has 6 heteroatoms. The molecule has 0 radical (unpaired) electrons. The summed E-state index contributed by atoms with van der Waals surface area (Å²) >= 11 is 3.43. The molecule has 0 bridgehead atoms. The SMILES string of the molecule is COCc1ccccc1C(=O)NCc1cn2cc(Br)ccc2n1. The van der Waals surface area contributed by atoms with Crippen molar-refractivity contribution in [1.29, 1.82) is 0 Å². The second-order valence-electron chi connectivity index (χ2n) is 5.12. The summed E-state index contributed by atoms with van der Waals surface area (Å²) in [5.41, 5.74) is 3.14. The number of benzene rings is 1. The molecule has 2 heterocycles. The third-order valence-corrected chi connectivity index (χ3v) is 3.93. The van der Waals surface area contributed by atoms with E-state index in [9.17, 15) is 4.79 Å². The Kier molecular flexibility index (Phi) is 4.73. The normalized spacial score (nSPS) is 10.9. The van der Waals surface area contributed by atoms with Crippen molar-refractivity contribution in [3.05, 3.63) is 70.1 Å². The van der Waals surface area contributed by atoms with E-state index in [1.54, 1.807) is 13.2 Å². The Labute approximate surface area is 142 Å². The second-order valence-corrected chi connectivity index (χ2v) is 6.03. The molecule has 0 aliphatic heterocycles. The lowest BCUT2D eigenvalue weighted by Crippen LogP contribution is -2.24. The lowest BCUT2D eigenvalue weighted by molar-refractivity contribution is 0.0945. The van der Waals surface area contributed by atoms with Crippen molar-refractivity contribution in [2.45, 2.75) is 13.2 Å². The second kappa shape index (κ2) is 6.93. The molecule has 1 aromatic carbocycles. The van der Waals surface area contributed by atoms with E-state index in [-0.39, 0.29) is 5.91 Å². The van der Waals surface area contributed by atoms with Crippen LogP contribution < -0.4 is 5.32 Å². The van der Waals surface area contributed by atoms with Crippen LogP contribution in [-0.2, 0) is 17.9 Å². The van der Waals surface area contributed by atoms with Crippen molar-refractivity contribution in [3.63, 3.8) is 0 Å². The number of hydrogen-bond donors (Lipinski definition) is 1. The number of rotatable bonds is 5. The summed E-state index contributed by atoms with van der Waals surface area (Å²) in [5.74, 6) is -0.129. The van der Waals surface area contributed by atoms with Crippen LogP contribution in [0.2, 0.25) is 0 Å². The fourth-order valence-electron chi connectivity index (χ4n) is 2.39. The molecule has 0 atom stereocenters. The molecule has 118 valence electrons. The van der Waals surface area contributed by atoms with Gasteiger partial charge in [0, 0.05) is 29.5 Å². The summed E-state index contributed by atoms with van der Waals surface area (Å²) in [6.07, 6.45) is 3.84. The molecule has 1 N–H and O–H groups in total. The van der Waals surface area contributed by atoms with Gasteiger partial charge in [-0.15, -0.1) is 0 Å². The first-order chi connectivity index (χ1) is 11.2. The highest BCUT2D eigenvalue weighted by Gasteiger charge is 2.11. The van der Waals surface area contributed by atoms with E-state index < -0.39 is 0 Å². The van der Waals surface area contributed by atoms with Gasteiger partial charge in [0.1, 0.15) is 5.65 Å². The Morgan fingerprint density at radius 2 is 2.09 bits per heavy atom. The van der Waals surface area contributed by atoms with E-state index >= 15 is 0 Å². The third-order valence-electron chi connectivity index (χ3n) is 3.46. The lowest BCUT2D eigenvalue weighted by atomic mass is 10.1. The van der Waals surface area contributed by atoms with E-state index in [2.05, 4.69) is 26.2 Å². The number of halogens is 1. The number of carbonyl (C=O) groups excluding carboxylic acids is 1. The number of methoxy groups -OCH3 is 1. The van der Waals surface area contributed by atoms with Crippen LogP contribution in [0.4, 0.5) is 0 Å². The molecule has 0 unspecified atom stereocenters. The molecule has 0 saturated heterocycles. The molecule has 2 aromatic heterocycles. The predicted molar refractivity (Wildman–Crippen MR) is 91.2 cm³/mol. The van der Waals surface area contributed by atoms with Crippen LogP contribution in [0.5, 0.6) is 0 Å². The fraction of sp³-hybridized carbons (Fsp3) is 0.176. The van der Waals surface area contributed by atoms with Gasteiger partial charge in [-0.05, 0) is 39.7 Å². The molecule has 0 aliphatic carbocycles. The molecule has 0 saturated carbocycles. The zero-order valence-electron chi connectivity index (χ0n) is 12.6. The van der Waals surface area contributed by atoms with Gasteiger partial charge < -0.3 is 14.5 Å². The van der Waals surface area contributed by atoms with E-state index in [0.29, 0.717) is 18.7 Å². The van der Waals surface area contributed by atoms with Crippen LogP contribution in [-0.4, -0.2) is 22.4 Å². The number of amides is 1. The van der Waals surface area contributed by atoms with E-state index in [1.165, 1.54) is 0 Å². The van der Waals surface area contributed by atoms with Crippen LogP contribution in [0.15, 0.2) is 53.3 Å². The van der Waals surface area contributed by atoms with Crippen molar-refractivity contribution >= 4 is 27.5 Å². The van der Waals surface area contributed by atoms with E-state index in [0.717, 1.165) is 21.4 Å². The standard InChI is InChI=1S/C17H16BrN3O2/c1-23-11-12-4-2-3-5-15(12)17(22)19-8-14-10-21-9-13(18)6-7-16(21)20-14/h2-7,9-10H,8,11H2,1H3,(H,19,22). The Bertz CT molecular complexity index is 845. The summed E-state index contributed by atoms with van der Waals surface area (Å²) in [5, 5.41) is 2.91. The smallest absolute Gasteiger partial charge is 0.251 e. The first-order valence-corrected chi connectivity index (χ1v) is 7.95. The van der Waals surface area contributed by atoms with Gasteiger partial charge in [0.15, 0.2) is 0 Å². The lowest BCUT2D eigenvalue weighted by Gasteiger charge is -2.08. The van der Waals surface area contributed by atoms with Gasteiger partial charge in [-0.3, -0.25) is 4.79 Å². The van der Waals surface area contributed by atoms with Gasteiger partial charge in [0.2, 0.25) is 0 Å². The minimum absolute atomic E-state index is 0.129. The molecule has 5 nitrogen and oxygen atoms in total. The Hall–Kier alpha value is -2.18. The van der Waals surface area contributed by atoms with Gasteiger partial charge in [-0.25, -0.2) is 4.98 Å². The van der Waals surface area contributed by atoms with Crippen LogP contribution >= 0.6 is 15.9 Å². The molecule has 1 amide bonds. The number of nitrogens with zero attached hydrogens (tertiary/aromatic N) is 2. The monoisotopic (exact) mass is 373 g/mol. The molecule has 0 aliphatic rings. The van der Waals surface area contributed by atoms with Crippen molar-refractivity contribution in [1.82, 2.24) is 14.7 Å². The number of nitrogens with one attached hydrogen (secondary N) is 1. The summed E-state index contributed by atoms with van der Waals surface area (Å²) in [4.78, 5) is 16.9. The topological polar surface area (TPSA) is 55.6 Å². The fourth-order valence-corrected chi connectivity index (χ4v) is 2.74. The van der Waals surface area contributed by atoms with Crippen LogP contribution in [0.3, 0.4) is 0 Å².